The highest BCUT2D eigenvalue weighted by Gasteiger charge is 2.26. The predicted molar refractivity (Wildman–Crippen MR) is 123 cm³/mol. The van der Waals surface area contributed by atoms with E-state index in [0.717, 1.165) is 11.4 Å². The number of aromatic nitrogens is 3. The second-order valence-electron chi connectivity index (χ2n) is 6.73. The molecule has 4 rings (SSSR count). The second-order valence-corrected chi connectivity index (χ2v) is 6.73. The van der Waals surface area contributed by atoms with Crippen LogP contribution in [0.25, 0.3) is 5.57 Å². The largest absolute Gasteiger partial charge is 0.396 e. The number of nitrogens with zero attached hydrogens (tertiary/aromatic N) is 5. The highest BCUT2D eigenvalue weighted by molar-refractivity contribution is 6.55. The first-order chi connectivity index (χ1) is 15.4. The van der Waals surface area contributed by atoms with Gasteiger partial charge in [0.05, 0.1) is 40.0 Å². The maximum Gasteiger partial charge on any atom is 0.172 e. The molecule has 158 valence electrons. The Hall–Kier alpha value is -4.55. The monoisotopic (exact) mass is 423 g/mol. The zero-order chi connectivity index (χ0) is 23.1. The van der Waals surface area contributed by atoms with E-state index in [9.17, 15) is 0 Å². The van der Waals surface area contributed by atoms with Gasteiger partial charge < -0.3 is 11.5 Å². The Balaban J connectivity index is 0.000000269. The average molecular weight is 423 g/mol. The second kappa shape index (κ2) is 9.97. The topological polar surface area (TPSA) is 175 Å². The number of aryl methyl sites for hydroxylation is 1. The number of benzene rings is 1. The minimum atomic E-state index is -0.224. The molecule has 0 radical (unpaired) electrons. The predicted octanol–water partition coefficient (Wildman–Crippen LogP) is 2.37. The van der Waals surface area contributed by atoms with Crippen molar-refractivity contribution in [3.8, 4) is 6.07 Å². The zero-order valence-corrected chi connectivity index (χ0v) is 17.4. The van der Waals surface area contributed by atoms with Crippen molar-refractivity contribution in [1.82, 2.24) is 15.0 Å². The van der Waals surface area contributed by atoms with E-state index in [0.29, 0.717) is 34.7 Å². The number of hydrogen-bond acceptors (Lipinski definition) is 8. The van der Waals surface area contributed by atoms with Crippen LogP contribution in [0, 0.1) is 29.1 Å². The normalized spacial score (nSPS) is 13.1. The fourth-order valence-electron chi connectivity index (χ4n) is 2.96. The highest BCUT2D eigenvalue weighted by atomic mass is 14.9. The van der Waals surface area contributed by atoms with Gasteiger partial charge in [-0.25, -0.2) is 15.0 Å². The Morgan fingerprint density at radius 3 is 2.50 bits per heavy atom. The molecule has 0 saturated carbocycles. The molecule has 3 aromatic rings. The van der Waals surface area contributed by atoms with E-state index in [1.165, 1.54) is 6.33 Å². The van der Waals surface area contributed by atoms with Crippen molar-refractivity contribution in [2.45, 2.75) is 13.5 Å². The maximum absolute atomic E-state index is 9.07. The summed E-state index contributed by atoms with van der Waals surface area (Å²) in [5.74, 6) is -0.224. The van der Waals surface area contributed by atoms with Crippen LogP contribution in [-0.2, 0) is 6.54 Å². The molecule has 3 heterocycles. The van der Waals surface area contributed by atoms with Crippen LogP contribution < -0.4 is 11.5 Å². The van der Waals surface area contributed by atoms with Crippen LogP contribution in [0.5, 0.6) is 0 Å². The van der Waals surface area contributed by atoms with E-state index in [1.54, 1.807) is 36.5 Å². The van der Waals surface area contributed by atoms with Gasteiger partial charge >= 0.3 is 0 Å². The molecule has 6 N–H and O–H groups in total. The molecule has 1 aliphatic rings. The first-order valence-electron chi connectivity index (χ1n) is 9.60. The summed E-state index contributed by atoms with van der Waals surface area (Å²) in [4.78, 5) is 16.4. The third-order valence-electron chi connectivity index (χ3n) is 4.49. The molecule has 0 spiro atoms. The first-order valence-corrected chi connectivity index (χ1v) is 9.60. The molecule has 0 amide bonds. The molecule has 32 heavy (non-hydrogen) atoms. The van der Waals surface area contributed by atoms with Crippen molar-refractivity contribution >= 4 is 22.8 Å². The van der Waals surface area contributed by atoms with Gasteiger partial charge in [0.1, 0.15) is 12.0 Å². The van der Waals surface area contributed by atoms with Gasteiger partial charge in [0, 0.05) is 24.0 Å². The number of nitrogens with two attached hydrogens (primary N) is 2. The van der Waals surface area contributed by atoms with E-state index in [1.807, 2.05) is 25.1 Å². The third-order valence-corrected chi connectivity index (χ3v) is 4.49. The van der Waals surface area contributed by atoms with E-state index >= 15 is 0 Å². The molecule has 0 aliphatic carbocycles. The fourth-order valence-corrected chi connectivity index (χ4v) is 2.96. The van der Waals surface area contributed by atoms with Gasteiger partial charge in [-0.05, 0) is 37.3 Å². The van der Waals surface area contributed by atoms with Crippen LogP contribution in [0.15, 0.2) is 71.7 Å². The number of allylic oxidation sites excluding steroid dienone is 1. The Labute approximate surface area is 185 Å². The average Bonchev–Trinajstić information content (AvgIpc) is 2.83. The molecular formula is C23H21N9. The highest BCUT2D eigenvalue weighted by Crippen LogP contribution is 2.25. The minimum absolute atomic E-state index is 0.126. The van der Waals surface area contributed by atoms with Crippen molar-refractivity contribution in [2.75, 3.05) is 0 Å². The molecule has 9 nitrogen and oxygen atoms in total. The van der Waals surface area contributed by atoms with Crippen LogP contribution in [0.4, 0.5) is 0 Å². The quantitative estimate of drug-likeness (QED) is 0.503. The van der Waals surface area contributed by atoms with Gasteiger partial charge in [0.2, 0.25) is 0 Å². The van der Waals surface area contributed by atoms with Crippen molar-refractivity contribution in [1.29, 1.82) is 16.1 Å². The Morgan fingerprint density at radius 1 is 1.09 bits per heavy atom. The van der Waals surface area contributed by atoms with E-state index in [2.05, 4.69) is 26.0 Å². The summed E-state index contributed by atoms with van der Waals surface area (Å²) in [6.07, 6.45) is 2.94. The number of nitriles is 1. The Morgan fingerprint density at radius 2 is 1.88 bits per heavy atom. The van der Waals surface area contributed by atoms with Crippen LogP contribution in [0.2, 0.25) is 0 Å². The van der Waals surface area contributed by atoms with Gasteiger partial charge in [0.25, 0.3) is 0 Å². The summed E-state index contributed by atoms with van der Waals surface area (Å²) >= 11 is 0. The van der Waals surface area contributed by atoms with Crippen LogP contribution in [0.1, 0.15) is 28.2 Å². The third kappa shape index (κ3) is 4.95. The lowest BCUT2D eigenvalue weighted by Crippen LogP contribution is -2.29. The van der Waals surface area contributed by atoms with Gasteiger partial charge in [-0.3, -0.25) is 15.8 Å². The standard InChI is InChI=1S/C16H11N7.C7H10N2/c17-7-9-2-1-3-10(6-9)15-12(11-4-5-21-8-22-11)13(18)14(19)16(20)23-15;1-6-3-2-4-7(5-8)9-6/h1-6,8,19-20H,18H2;2-4H,5,8H2,1H3. The van der Waals surface area contributed by atoms with Crippen LogP contribution in [-0.4, -0.2) is 32.2 Å². The molecule has 0 atom stereocenters. The summed E-state index contributed by atoms with van der Waals surface area (Å²) < 4.78 is 0. The molecule has 0 fully saturated rings. The number of aliphatic imine (C=N–C) groups is 1. The number of pyridine rings is 1. The number of dihydropyridines is 1. The summed E-state index contributed by atoms with van der Waals surface area (Å²) in [5, 5.41) is 24.8. The maximum atomic E-state index is 9.07. The molecular weight excluding hydrogens is 402 g/mol. The summed E-state index contributed by atoms with van der Waals surface area (Å²) in [5.41, 5.74) is 15.9. The number of nitrogens with one attached hydrogen (secondary N) is 2. The van der Waals surface area contributed by atoms with Crippen molar-refractivity contribution in [2.24, 2.45) is 16.5 Å². The van der Waals surface area contributed by atoms with E-state index in [-0.39, 0.29) is 17.2 Å². The minimum Gasteiger partial charge on any atom is -0.396 e. The number of rotatable bonds is 3. The summed E-state index contributed by atoms with van der Waals surface area (Å²) in [6, 6.07) is 16.4. The molecule has 9 heteroatoms. The number of hydrogen-bond donors (Lipinski definition) is 4. The molecule has 0 saturated heterocycles. The van der Waals surface area contributed by atoms with Crippen molar-refractivity contribution < 1.29 is 0 Å². The molecule has 0 unspecified atom stereocenters. The lowest BCUT2D eigenvalue weighted by molar-refractivity contribution is 0.969. The lowest BCUT2D eigenvalue weighted by atomic mass is 9.92. The van der Waals surface area contributed by atoms with Crippen molar-refractivity contribution in [3.05, 3.63) is 95.0 Å². The molecule has 1 aliphatic heterocycles. The smallest absolute Gasteiger partial charge is 0.172 e. The van der Waals surface area contributed by atoms with Gasteiger partial charge in [0.15, 0.2) is 5.84 Å². The summed E-state index contributed by atoms with van der Waals surface area (Å²) in [6.45, 7) is 2.49. The lowest BCUT2D eigenvalue weighted by Gasteiger charge is -2.19. The number of amidine groups is 1. The SMILES string of the molecule is Cc1cccc(CN)n1.N#Cc1cccc(C2=NC(=N)C(=N)C(N)=C2c2ccncn2)c1. The molecule has 2 aromatic heterocycles. The van der Waals surface area contributed by atoms with Crippen molar-refractivity contribution in [3.63, 3.8) is 0 Å². The van der Waals surface area contributed by atoms with E-state index < -0.39 is 0 Å². The van der Waals surface area contributed by atoms with Gasteiger partial charge in [-0.2, -0.15) is 5.26 Å². The Kier molecular flexibility index (Phi) is 6.90. The van der Waals surface area contributed by atoms with Crippen LogP contribution >= 0.6 is 0 Å². The summed E-state index contributed by atoms with van der Waals surface area (Å²) in [7, 11) is 0. The zero-order valence-electron chi connectivity index (χ0n) is 17.4. The fraction of sp³-hybridized carbons (Fsp3) is 0.0870. The van der Waals surface area contributed by atoms with Gasteiger partial charge in [-0.15, -0.1) is 0 Å². The van der Waals surface area contributed by atoms with E-state index in [4.69, 9.17) is 27.5 Å². The van der Waals surface area contributed by atoms with Crippen LogP contribution in [0.3, 0.4) is 0 Å². The molecule has 1 aromatic carbocycles. The molecule has 0 bridgehead atoms. The first kappa shape index (κ1) is 22.1. The Bertz CT molecular complexity index is 1270. The van der Waals surface area contributed by atoms with Gasteiger partial charge in [-0.1, -0.05) is 18.2 Å².